The summed E-state index contributed by atoms with van der Waals surface area (Å²) in [5.74, 6) is 0. The molecule has 0 radical (unpaired) electrons. The number of nitrogens with one attached hydrogen (secondary N) is 1. The van der Waals surface area contributed by atoms with Crippen molar-refractivity contribution in [2.45, 2.75) is 10.3 Å². The number of benzene rings is 1. The highest BCUT2D eigenvalue weighted by Gasteiger charge is 2.33. The van der Waals surface area contributed by atoms with Crippen LogP contribution in [0.4, 0.5) is 5.69 Å². The average molecular weight is 395 g/mol. The molecule has 0 bridgehead atoms. The third-order valence-corrected chi connectivity index (χ3v) is 7.58. The van der Waals surface area contributed by atoms with E-state index in [1.54, 1.807) is 17.4 Å². The van der Waals surface area contributed by atoms with Crippen LogP contribution in [0.25, 0.3) is 10.4 Å². The van der Waals surface area contributed by atoms with Gasteiger partial charge < -0.3 is 14.4 Å². The van der Waals surface area contributed by atoms with Crippen LogP contribution in [-0.4, -0.2) is 59.9 Å². The van der Waals surface area contributed by atoms with Crippen molar-refractivity contribution in [1.29, 1.82) is 0 Å². The molecule has 4 rings (SSSR count). The summed E-state index contributed by atoms with van der Waals surface area (Å²) in [5, 5.41) is 4.35. The molecule has 1 N–H and O–H groups in total. The van der Waals surface area contributed by atoms with E-state index in [0.717, 1.165) is 29.2 Å². The smallest absolute Gasteiger partial charge is 0.197 e. The van der Waals surface area contributed by atoms with E-state index in [-0.39, 0.29) is 6.61 Å². The van der Waals surface area contributed by atoms with Gasteiger partial charge in [0.05, 0.1) is 31.3 Å². The van der Waals surface area contributed by atoms with Crippen LogP contribution in [0.15, 0.2) is 40.6 Å². The zero-order valence-electron chi connectivity index (χ0n) is 14.4. The van der Waals surface area contributed by atoms with Crippen LogP contribution in [0.5, 0.6) is 0 Å². The number of rotatable bonds is 4. The van der Waals surface area contributed by atoms with Gasteiger partial charge in [0.15, 0.2) is 9.84 Å². The second kappa shape index (κ2) is 7.66. The third-order valence-electron chi connectivity index (χ3n) is 4.69. The van der Waals surface area contributed by atoms with Crippen molar-refractivity contribution >= 4 is 26.9 Å². The van der Waals surface area contributed by atoms with Crippen molar-refractivity contribution in [3.63, 3.8) is 0 Å². The summed E-state index contributed by atoms with van der Waals surface area (Å²) in [6.07, 6.45) is 0. The monoisotopic (exact) mass is 394 g/mol. The molecule has 0 aliphatic carbocycles. The van der Waals surface area contributed by atoms with E-state index >= 15 is 0 Å². The number of hydrogen-bond donors (Lipinski definition) is 1. The zero-order chi connectivity index (χ0) is 18.0. The van der Waals surface area contributed by atoms with Crippen LogP contribution >= 0.6 is 11.3 Å². The Morgan fingerprint density at radius 1 is 1.08 bits per heavy atom. The van der Waals surface area contributed by atoms with Crippen molar-refractivity contribution in [2.75, 3.05) is 51.0 Å². The largest absolute Gasteiger partial charge is 0.378 e. The summed E-state index contributed by atoms with van der Waals surface area (Å²) in [6.45, 7) is 4.07. The summed E-state index contributed by atoms with van der Waals surface area (Å²) in [6, 6.07) is 9.48. The highest BCUT2D eigenvalue weighted by molar-refractivity contribution is 7.92. The van der Waals surface area contributed by atoms with Crippen LogP contribution < -0.4 is 10.2 Å². The van der Waals surface area contributed by atoms with Crippen LogP contribution in [0, 0.1) is 0 Å². The molecule has 2 aliphatic heterocycles. The van der Waals surface area contributed by atoms with Gasteiger partial charge in [-0.05, 0) is 23.6 Å². The highest BCUT2D eigenvalue weighted by Crippen LogP contribution is 2.40. The van der Waals surface area contributed by atoms with Crippen molar-refractivity contribution < 1.29 is 17.9 Å². The Morgan fingerprint density at radius 3 is 2.62 bits per heavy atom. The summed E-state index contributed by atoms with van der Waals surface area (Å²) in [7, 11) is -3.57. The van der Waals surface area contributed by atoms with E-state index in [1.165, 1.54) is 0 Å². The molecule has 0 saturated carbocycles. The first-order valence-electron chi connectivity index (χ1n) is 8.72. The Bertz CT molecular complexity index is 840. The Kier molecular flexibility index (Phi) is 5.28. The Balaban J connectivity index is 1.84. The molecule has 1 aromatic carbocycles. The van der Waals surface area contributed by atoms with E-state index in [4.69, 9.17) is 9.47 Å². The predicted molar refractivity (Wildman–Crippen MR) is 103 cm³/mol. The number of morpholine rings is 2. The fourth-order valence-electron chi connectivity index (χ4n) is 3.39. The van der Waals surface area contributed by atoms with Crippen molar-refractivity contribution in [2.24, 2.45) is 0 Å². The lowest BCUT2D eigenvalue weighted by Gasteiger charge is -2.32. The summed E-state index contributed by atoms with van der Waals surface area (Å²) >= 11 is 1.56. The first-order valence-corrected chi connectivity index (χ1v) is 11.1. The van der Waals surface area contributed by atoms with Crippen LogP contribution in [0.2, 0.25) is 0 Å². The first-order chi connectivity index (χ1) is 12.7. The Labute approximate surface area is 157 Å². The molecule has 8 heteroatoms. The van der Waals surface area contributed by atoms with E-state index in [0.29, 0.717) is 31.3 Å². The lowest BCUT2D eigenvalue weighted by molar-refractivity contribution is 0.0978. The molecule has 1 unspecified atom stereocenters. The molecule has 0 amide bonds. The van der Waals surface area contributed by atoms with E-state index < -0.39 is 15.2 Å². The molecule has 2 saturated heterocycles. The second-order valence-electron chi connectivity index (χ2n) is 6.29. The van der Waals surface area contributed by atoms with E-state index in [9.17, 15) is 8.42 Å². The van der Waals surface area contributed by atoms with Gasteiger partial charge in [-0.3, -0.25) is 5.32 Å². The molecular weight excluding hydrogens is 372 g/mol. The number of thiophene rings is 1. The number of hydrogen-bond acceptors (Lipinski definition) is 7. The fraction of sp³-hybridized carbons (Fsp3) is 0.444. The first kappa shape index (κ1) is 17.9. The fourth-order valence-corrected chi connectivity index (χ4v) is 5.93. The van der Waals surface area contributed by atoms with E-state index in [2.05, 4.69) is 10.2 Å². The highest BCUT2D eigenvalue weighted by atomic mass is 32.2. The number of anilines is 1. The van der Waals surface area contributed by atoms with Gasteiger partial charge in [-0.2, -0.15) is 0 Å². The van der Waals surface area contributed by atoms with Gasteiger partial charge >= 0.3 is 0 Å². The molecule has 0 spiro atoms. The van der Waals surface area contributed by atoms with Crippen LogP contribution in [0.1, 0.15) is 0 Å². The SMILES string of the molecule is O=S(=O)(c1cccc(N2CCOCC2)c1-c1cccs1)C1COCCN1. The maximum atomic E-state index is 13.4. The van der Waals surface area contributed by atoms with Crippen molar-refractivity contribution in [3.05, 3.63) is 35.7 Å². The molecule has 140 valence electrons. The number of ether oxygens (including phenoxy) is 2. The molecular formula is C18H22N2O4S2. The minimum atomic E-state index is -3.57. The van der Waals surface area contributed by atoms with Gasteiger partial charge in [0.25, 0.3) is 0 Å². The molecule has 26 heavy (non-hydrogen) atoms. The molecule has 2 aromatic rings. The second-order valence-corrected chi connectivity index (χ2v) is 9.34. The minimum Gasteiger partial charge on any atom is -0.378 e. The summed E-state index contributed by atoms with van der Waals surface area (Å²) in [4.78, 5) is 3.54. The van der Waals surface area contributed by atoms with Gasteiger partial charge in [-0.1, -0.05) is 12.1 Å². The summed E-state index contributed by atoms with van der Waals surface area (Å²) in [5.41, 5.74) is 1.74. The molecule has 2 fully saturated rings. The van der Waals surface area contributed by atoms with Gasteiger partial charge in [0, 0.05) is 35.8 Å². The topological polar surface area (TPSA) is 67.9 Å². The molecule has 2 aliphatic rings. The average Bonchev–Trinajstić information content (AvgIpc) is 3.23. The third kappa shape index (κ3) is 3.39. The number of nitrogens with zero attached hydrogens (tertiary/aromatic N) is 1. The minimum absolute atomic E-state index is 0.175. The van der Waals surface area contributed by atoms with Gasteiger partial charge in [0.2, 0.25) is 0 Å². The van der Waals surface area contributed by atoms with Gasteiger partial charge in [0.1, 0.15) is 5.37 Å². The lowest BCUT2D eigenvalue weighted by atomic mass is 10.1. The Hall–Kier alpha value is -1.45. The van der Waals surface area contributed by atoms with E-state index in [1.807, 2.05) is 29.6 Å². The van der Waals surface area contributed by atoms with Crippen LogP contribution in [0.3, 0.4) is 0 Å². The maximum Gasteiger partial charge on any atom is 0.197 e. The quantitative estimate of drug-likeness (QED) is 0.855. The van der Waals surface area contributed by atoms with Gasteiger partial charge in [-0.25, -0.2) is 8.42 Å². The normalized spacial score (nSPS) is 21.7. The van der Waals surface area contributed by atoms with Gasteiger partial charge in [-0.15, -0.1) is 11.3 Å². The molecule has 3 heterocycles. The zero-order valence-corrected chi connectivity index (χ0v) is 16.0. The Morgan fingerprint density at radius 2 is 1.92 bits per heavy atom. The molecule has 1 aromatic heterocycles. The van der Waals surface area contributed by atoms with Crippen LogP contribution in [-0.2, 0) is 19.3 Å². The maximum absolute atomic E-state index is 13.4. The number of sulfone groups is 1. The standard InChI is InChI=1S/C18H22N2O4S2/c21-26(22,17-13-24-9-6-19-17)16-5-1-3-14(20-7-10-23-11-8-20)18(16)15-4-2-12-25-15/h1-5,12,17,19H,6-11,13H2. The van der Waals surface area contributed by atoms with Crippen molar-refractivity contribution in [1.82, 2.24) is 5.32 Å². The molecule has 1 atom stereocenters. The lowest BCUT2D eigenvalue weighted by Crippen LogP contribution is -2.46. The summed E-state index contributed by atoms with van der Waals surface area (Å²) < 4.78 is 37.6. The molecule has 6 nitrogen and oxygen atoms in total. The van der Waals surface area contributed by atoms with Crippen molar-refractivity contribution in [3.8, 4) is 10.4 Å². The predicted octanol–water partition coefficient (Wildman–Crippen LogP) is 1.97.